The fraction of sp³-hybridized carbons (Fsp3) is 0.312. The first-order valence-corrected chi connectivity index (χ1v) is 13.4. The molecule has 0 amide bonds. The van der Waals surface area contributed by atoms with Crippen LogP contribution in [0.5, 0.6) is 23.0 Å². The largest absolute Gasteiger partial charge is 0.497 e. The Morgan fingerprint density at radius 2 is 0.905 bits per heavy atom. The van der Waals surface area contributed by atoms with E-state index in [1.54, 1.807) is 0 Å². The van der Waals surface area contributed by atoms with Crippen LogP contribution in [-0.4, -0.2) is 63.1 Å². The van der Waals surface area contributed by atoms with Gasteiger partial charge in [-0.25, -0.2) is 0 Å². The predicted molar refractivity (Wildman–Crippen MR) is 146 cm³/mol. The average molecular weight is 571 g/mol. The molecule has 0 fully saturated rings. The summed E-state index contributed by atoms with van der Waals surface area (Å²) in [6, 6.07) is 5.79. The summed E-state index contributed by atoms with van der Waals surface area (Å²) in [4.78, 5) is 82.2. The zero-order valence-corrected chi connectivity index (χ0v) is 23.4. The Labute approximate surface area is 240 Å². The van der Waals surface area contributed by atoms with Crippen molar-refractivity contribution in [3.63, 3.8) is 0 Å². The van der Waals surface area contributed by atoms with E-state index in [4.69, 9.17) is 18.9 Å². The first kappa shape index (κ1) is 27.3. The van der Waals surface area contributed by atoms with Crippen molar-refractivity contribution in [2.24, 2.45) is 11.8 Å². The molecule has 4 aliphatic carbocycles. The molecule has 0 aliphatic heterocycles. The minimum absolute atomic E-state index is 0.000441. The molecule has 0 aromatic heterocycles. The topological polar surface area (TPSA) is 139 Å². The minimum atomic E-state index is -0.761. The molecule has 42 heavy (non-hydrogen) atoms. The molecule has 0 N–H and O–H groups in total. The first-order chi connectivity index (χ1) is 20.2. The van der Waals surface area contributed by atoms with Crippen molar-refractivity contribution in [1.82, 2.24) is 0 Å². The van der Waals surface area contributed by atoms with E-state index in [1.165, 1.54) is 52.7 Å². The lowest BCUT2D eigenvalue weighted by atomic mass is 9.61. The van der Waals surface area contributed by atoms with Crippen LogP contribution in [0.25, 0.3) is 0 Å². The van der Waals surface area contributed by atoms with E-state index in [0.29, 0.717) is 0 Å². The molecule has 4 aliphatic rings. The highest BCUT2D eigenvalue weighted by molar-refractivity contribution is 6.39. The number of methoxy groups -OCH3 is 4. The summed E-state index contributed by atoms with van der Waals surface area (Å²) in [5, 5.41) is 0. The Hall–Kier alpha value is -4.86. The van der Waals surface area contributed by atoms with Crippen molar-refractivity contribution in [2.75, 3.05) is 28.4 Å². The van der Waals surface area contributed by atoms with Crippen LogP contribution in [0.15, 0.2) is 46.6 Å². The van der Waals surface area contributed by atoms with Crippen LogP contribution in [0.4, 0.5) is 0 Å². The zero-order valence-electron chi connectivity index (χ0n) is 23.4. The van der Waals surface area contributed by atoms with E-state index in [9.17, 15) is 28.8 Å². The number of fused-ring (bicyclic) bond motifs is 2. The summed E-state index contributed by atoms with van der Waals surface area (Å²) in [6.07, 6.45) is 0.255. The number of Topliss-reactive ketones (excluding diaryl/α,β-unsaturated/α-hetero) is 6. The van der Waals surface area contributed by atoms with Crippen molar-refractivity contribution in [1.29, 1.82) is 0 Å². The Morgan fingerprint density at radius 3 is 1.24 bits per heavy atom. The molecule has 10 nitrogen and oxygen atoms in total. The Kier molecular flexibility index (Phi) is 6.44. The molecule has 0 saturated carbocycles. The molecule has 6 rings (SSSR count). The van der Waals surface area contributed by atoms with Gasteiger partial charge < -0.3 is 18.9 Å². The lowest BCUT2D eigenvalue weighted by Gasteiger charge is -2.39. The van der Waals surface area contributed by atoms with Crippen LogP contribution >= 0.6 is 0 Å². The van der Waals surface area contributed by atoms with E-state index in [0.717, 1.165) is 0 Å². The third-order valence-electron chi connectivity index (χ3n) is 8.64. The summed E-state index contributed by atoms with van der Waals surface area (Å²) in [5.41, 5.74) is -0.449. The molecule has 2 atom stereocenters. The summed E-state index contributed by atoms with van der Waals surface area (Å²) in [5.74, 6) is -4.07. The van der Waals surface area contributed by atoms with Gasteiger partial charge in [-0.3, -0.25) is 28.8 Å². The van der Waals surface area contributed by atoms with Gasteiger partial charge in [-0.2, -0.15) is 0 Å². The SMILES string of the molecule is COc1cc(OC)c2c(c1)C(=O)C1=C(C(=O)CC[C@H]1[C@@H]1CCC(=O)C3=C1C(=O)c1cc(OC)cc(OC)c1C3=O)C2=O. The zero-order chi connectivity index (χ0) is 30.0. The van der Waals surface area contributed by atoms with Gasteiger partial charge in [-0.1, -0.05) is 0 Å². The van der Waals surface area contributed by atoms with Gasteiger partial charge in [0.05, 0.1) is 50.7 Å². The van der Waals surface area contributed by atoms with Crippen LogP contribution in [0, 0.1) is 11.8 Å². The quantitative estimate of drug-likeness (QED) is 0.489. The number of rotatable bonds is 5. The van der Waals surface area contributed by atoms with Crippen LogP contribution in [0.1, 0.15) is 67.1 Å². The number of ketones is 6. The molecule has 2 aromatic carbocycles. The highest BCUT2D eigenvalue weighted by Gasteiger charge is 2.50. The second-order valence-electron chi connectivity index (χ2n) is 10.5. The summed E-state index contributed by atoms with van der Waals surface area (Å²) in [7, 11) is 5.52. The van der Waals surface area contributed by atoms with E-state index in [-0.39, 0.29) is 93.2 Å². The van der Waals surface area contributed by atoms with Crippen LogP contribution < -0.4 is 18.9 Å². The smallest absolute Gasteiger partial charge is 0.201 e. The number of carbonyl (C=O) groups excluding carboxylic acids is 6. The van der Waals surface area contributed by atoms with Gasteiger partial charge >= 0.3 is 0 Å². The standard InChI is InChI=1S/C32H26O10/c1-39-13-9-17-23(21(11-13)41-3)31(37)27-19(33)7-5-15(25(27)29(17)35)16-6-8-20(34)28-26(16)30(36)18-10-14(40-2)12-22(42-4)24(18)32(28)38/h9-12,15-16H,5-8H2,1-4H3/t15-,16-/m0/s1. The van der Waals surface area contributed by atoms with Gasteiger partial charge in [-0.15, -0.1) is 0 Å². The first-order valence-electron chi connectivity index (χ1n) is 13.4. The second-order valence-corrected chi connectivity index (χ2v) is 10.5. The Morgan fingerprint density at radius 1 is 0.524 bits per heavy atom. The molecular formula is C32H26O10. The van der Waals surface area contributed by atoms with Crippen LogP contribution in [0.2, 0.25) is 0 Å². The third kappa shape index (κ3) is 3.71. The number of hydrogen-bond acceptors (Lipinski definition) is 10. The molecule has 214 valence electrons. The lowest BCUT2D eigenvalue weighted by Crippen LogP contribution is -2.41. The number of hydrogen-bond donors (Lipinski definition) is 0. The van der Waals surface area contributed by atoms with Crippen molar-refractivity contribution in [2.45, 2.75) is 25.7 Å². The summed E-state index contributed by atoms with van der Waals surface area (Å²) >= 11 is 0. The summed E-state index contributed by atoms with van der Waals surface area (Å²) < 4.78 is 21.4. The number of ether oxygens (including phenoxy) is 4. The number of carbonyl (C=O) groups is 6. The Bertz CT molecular complexity index is 1610. The van der Waals surface area contributed by atoms with E-state index in [1.807, 2.05) is 0 Å². The minimum Gasteiger partial charge on any atom is -0.497 e. The molecule has 0 unspecified atom stereocenters. The maximum atomic E-state index is 14.1. The molecular weight excluding hydrogens is 544 g/mol. The van der Waals surface area contributed by atoms with Crippen molar-refractivity contribution < 1.29 is 47.7 Å². The van der Waals surface area contributed by atoms with Gasteiger partial charge in [0.1, 0.15) is 23.0 Å². The normalized spacial score (nSPS) is 21.5. The van der Waals surface area contributed by atoms with Crippen LogP contribution in [-0.2, 0) is 9.59 Å². The maximum absolute atomic E-state index is 14.1. The van der Waals surface area contributed by atoms with Crippen molar-refractivity contribution in [3.05, 3.63) is 68.8 Å². The summed E-state index contributed by atoms with van der Waals surface area (Å²) in [6.45, 7) is 0. The molecule has 2 aromatic rings. The predicted octanol–water partition coefficient (Wildman–Crippen LogP) is 3.73. The molecule has 0 radical (unpaired) electrons. The second kappa shape index (κ2) is 9.90. The maximum Gasteiger partial charge on any atom is 0.201 e. The van der Waals surface area contributed by atoms with Gasteiger partial charge in [-0.05, 0) is 36.8 Å². The molecule has 0 spiro atoms. The monoisotopic (exact) mass is 570 g/mol. The molecule has 0 saturated heterocycles. The highest BCUT2D eigenvalue weighted by Crippen LogP contribution is 2.50. The van der Waals surface area contributed by atoms with Gasteiger partial charge in [0.2, 0.25) is 11.6 Å². The van der Waals surface area contributed by atoms with Crippen molar-refractivity contribution >= 4 is 34.7 Å². The fourth-order valence-corrected chi connectivity index (χ4v) is 6.75. The average Bonchev–Trinajstić information content (AvgIpc) is 3.00. The number of benzene rings is 2. The van der Waals surface area contributed by atoms with Gasteiger partial charge in [0.25, 0.3) is 0 Å². The Balaban J connectivity index is 1.54. The van der Waals surface area contributed by atoms with E-state index < -0.39 is 46.5 Å². The van der Waals surface area contributed by atoms with Crippen molar-refractivity contribution in [3.8, 4) is 23.0 Å². The van der Waals surface area contributed by atoms with Gasteiger partial charge in [0, 0.05) is 47.2 Å². The lowest BCUT2D eigenvalue weighted by molar-refractivity contribution is -0.117. The van der Waals surface area contributed by atoms with Gasteiger partial charge in [0.15, 0.2) is 23.1 Å². The fourth-order valence-electron chi connectivity index (χ4n) is 6.75. The number of allylic oxidation sites excluding steroid dienone is 4. The molecule has 0 bridgehead atoms. The van der Waals surface area contributed by atoms with E-state index >= 15 is 0 Å². The third-order valence-corrected chi connectivity index (χ3v) is 8.64. The molecule has 0 heterocycles. The highest BCUT2D eigenvalue weighted by atomic mass is 16.5. The molecule has 10 heteroatoms. The van der Waals surface area contributed by atoms with Crippen LogP contribution in [0.3, 0.4) is 0 Å². The van der Waals surface area contributed by atoms with E-state index in [2.05, 4.69) is 0 Å².